The van der Waals surface area contributed by atoms with Crippen LogP contribution in [-0.4, -0.2) is 74.3 Å². The fraction of sp³-hybridized carbons (Fsp3) is 0.908. The van der Waals surface area contributed by atoms with Gasteiger partial charge in [0.15, 0.2) is 0 Å². The maximum atomic E-state index is 13.5. The van der Waals surface area contributed by atoms with E-state index < -0.39 is 20.0 Å². The second kappa shape index (κ2) is 55.8. The monoisotopic (exact) mass is 1080 g/mol. The van der Waals surface area contributed by atoms with Crippen LogP contribution in [0.3, 0.4) is 0 Å². The number of amides is 1. The number of carbonyl (C=O) groups is 2. The lowest BCUT2D eigenvalue weighted by Gasteiger charge is -2.27. The molecule has 0 rings (SSSR count). The van der Waals surface area contributed by atoms with Crippen molar-refractivity contribution in [2.45, 2.75) is 341 Å². The largest absolute Gasteiger partial charge is 0.472 e. The second-order valence-electron chi connectivity index (χ2n) is 23.6. The van der Waals surface area contributed by atoms with Gasteiger partial charge in [-0.2, -0.15) is 0 Å². The number of phosphoric acid groups is 1. The SMILES string of the molecule is CCCC/C=C\CCCCCCCC(=O)OC(/C=C\CCCCCCCCCCC)C(COP(=O)(O)OCC[N+](C)(C)C)NC(=O)CCCCCCCCCCCCCCCCCCCCCCCCCCCCC. The van der Waals surface area contributed by atoms with Crippen molar-refractivity contribution in [2.24, 2.45) is 0 Å². The van der Waals surface area contributed by atoms with Crippen molar-refractivity contribution in [3.8, 4) is 0 Å². The Balaban J connectivity index is 4.89. The summed E-state index contributed by atoms with van der Waals surface area (Å²) < 4.78 is 30.6. The van der Waals surface area contributed by atoms with E-state index in [0.717, 1.165) is 83.5 Å². The Bertz CT molecular complexity index is 1340. The highest BCUT2D eigenvalue weighted by Crippen LogP contribution is 2.43. The van der Waals surface area contributed by atoms with E-state index in [0.29, 0.717) is 17.4 Å². The van der Waals surface area contributed by atoms with E-state index in [4.69, 9.17) is 13.8 Å². The molecular weight excluding hydrogens is 952 g/mol. The first kappa shape index (κ1) is 73.5. The molecule has 0 bridgehead atoms. The van der Waals surface area contributed by atoms with Crippen molar-refractivity contribution in [1.82, 2.24) is 5.32 Å². The zero-order valence-electron chi connectivity index (χ0n) is 50.8. The summed E-state index contributed by atoms with van der Waals surface area (Å²) in [7, 11) is 1.51. The average Bonchev–Trinajstić information content (AvgIpc) is 3.37. The fourth-order valence-electron chi connectivity index (χ4n) is 9.81. The number of esters is 1. The number of quaternary nitrogens is 1. The topological polar surface area (TPSA) is 111 Å². The summed E-state index contributed by atoms with van der Waals surface area (Å²) in [6, 6.07) is -0.845. The quantitative estimate of drug-likeness (QED) is 0.0205. The van der Waals surface area contributed by atoms with Crippen molar-refractivity contribution in [2.75, 3.05) is 40.9 Å². The Hall–Kier alpha value is -1.51. The van der Waals surface area contributed by atoms with E-state index in [9.17, 15) is 19.0 Å². The van der Waals surface area contributed by atoms with Crippen LogP contribution in [-0.2, 0) is 27.9 Å². The van der Waals surface area contributed by atoms with Gasteiger partial charge in [-0.25, -0.2) is 4.57 Å². The van der Waals surface area contributed by atoms with Gasteiger partial charge >= 0.3 is 13.8 Å². The third kappa shape index (κ3) is 57.0. The molecule has 0 spiro atoms. The molecule has 0 aromatic carbocycles. The van der Waals surface area contributed by atoms with Crippen LogP contribution in [0, 0.1) is 0 Å². The van der Waals surface area contributed by atoms with Gasteiger partial charge in [0, 0.05) is 12.8 Å². The Morgan fingerprint density at radius 1 is 0.453 bits per heavy atom. The fourth-order valence-corrected chi connectivity index (χ4v) is 10.5. The lowest BCUT2D eigenvalue weighted by molar-refractivity contribution is -0.870. The van der Waals surface area contributed by atoms with E-state index >= 15 is 0 Å². The first-order valence-electron chi connectivity index (χ1n) is 32.7. The van der Waals surface area contributed by atoms with Gasteiger partial charge in [-0.15, -0.1) is 0 Å². The lowest BCUT2D eigenvalue weighted by Crippen LogP contribution is -2.47. The molecule has 9 nitrogen and oxygen atoms in total. The van der Waals surface area contributed by atoms with Crippen molar-refractivity contribution < 1.29 is 37.3 Å². The lowest BCUT2D eigenvalue weighted by atomic mass is 10.0. The maximum Gasteiger partial charge on any atom is 0.472 e. The summed E-state index contributed by atoms with van der Waals surface area (Å²) in [4.78, 5) is 37.6. The zero-order chi connectivity index (χ0) is 55.0. The van der Waals surface area contributed by atoms with Gasteiger partial charge in [0.2, 0.25) is 5.91 Å². The normalized spacial score (nSPS) is 13.7. The molecule has 0 aliphatic heterocycles. The molecule has 0 saturated heterocycles. The van der Waals surface area contributed by atoms with Gasteiger partial charge in [0.05, 0.1) is 33.8 Å². The Morgan fingerprint density at radius 3 is 1.17 bits per heavy atom. The molecule has 0 aromatic heterocycles. The van der Waals surface area contributed by atoms with E-state index in [1.807, 2.05) is 33.3 Å². The molecule has 75 heavy (non-hydrogen) atoms. The third-order valence-electron chi connectivity index (χ3n) is 14.9. The molecule has 10 heteroatoms. The summed E-state index contributed by atoms with van der Waals surface area (Å²) in [6.45, 7) is 7.00. The molecular formula is C65H128N2O7P+. The Kier molecular flexibility index (Phi) is 54.7. The standard InChI is InChI=1S/C65H127N2O7P/c1-7-10-13-16-19-22-25-26-27-28-29-30-31-32-33-34-35-36-37-38-39-40-43-45-48-51-54-57-64(68)66-62(61-73-75(70,71)72-60-59-67(4,5)6)63(56-53-50-47-44-41-23-20-17-14-11-8-2)74-65(69)58-55-52-49-46-42-24-21-18-15-12-9-3/h18,21,53,56,62-63H,7-17,19-20,22-52,54-55,57-61H2,1-6H3,(H-,66,68,70,71)/p+1/b21-18-,56-53-. The van der Waals surface area contributed by atoms with Crippen LogP contribution >= 0.6 is 7.82 Å². The smallest absolute Gasteiger partial charge is 0.456 e. The van der Waals surface area contributed by atoms with Crippen molar-refractivity contribution in [3.05, 3.63) is 24.3 Å². The number of allylic oxidation sites excluding steroid dienone is 3. The minimum Gasteiger partial charge on any atom is -0.456 e. The van der Waals surface area contributed by atoms with Gasteiger partial charge in [0.1, 0.15) is 19.3 Å². The molecule has 0 aromatic rings. The molecule has 1 amide bonds. The Labute approximate surface area is 466 Å². The number of hydrogen-bond donors (Lipinski definition) is 2. The number of nitrogens with one attached hydrogen (secondary N) is 1. The summed E-state index contributed by atoms with van der Waals surface area (Å²) in [5.74, 6) is -0.502. The highest BCUT2D eigenvalue weighted by Gasteiger charge is 2.30. The molecule has 3 atom stereocenters. The first-order chi connectivity index (χ1) is 36.4. The van der Waals surface area contributed by atoms with E-state index in [-0.39, 0.29) is 31.5 Å². The number of ether oxygens (including phenoxy) is 1. The van der Waals surface area contributed by atoms with Gasteiger partial charge in [0.25, 0.3) is 0 Å². The minimum atomic E-state index is -4.44. The summed E-state index contributed by atoms with van der Waals surface area (Å²) in [6.07, 6.45) is 66.3. The number of carbonyl (C=O) groups excluding carboxylic acids is 2. The molecule has 0 fully saturated rings. The predicted molar refractivity (Wildman–Crippen MR) is 323 cm³/mol. The summed E-state index contributed by atoms with van der Waals surface area (Å²) in [5, 5.41) is 3.06. The van der Waals surface area contributed by atoms with Crippen molar-refractivity contribution in [1.29, 1.82) is 0 Å². The summed E-state index contributed by atoms with van der Waals surface area (Å²) >= 11 is 0. The molecule has 0 aliphatic carbocycles. The molecule has 0 heterocycles. The van der Waals surface area contributed by atoms with Crippen LogP contribution in [0.2, 0.25) is 0 Å². The van der Waals surface area contributed by atoms with Gasteiger partial charge in [-0.3, -0.25) is 18.6 Å². The van der Waals surface area contributed by atoms with Crippen molar-refractivity contribution >= 4 is 19.7 Å². The number of hydrogen-bond acceptors (Lipinski definition) is 6. The van der Waals surface area contributed by atoms with Crippen LogP contribution in [0.1, 0.15) is 329 Å². The minimum absolute atomic E-state index is 0.0423. The molecule has 2 N–H and O–H groups in total. The molecule has 444 valence electrons. The second-order valence-corrected chi connectivity index (χ2v) is 25.1. The number of phosphoric ester groups is 1. The molecule has 0 aliphatic rings. The number of likely N-dealkylation sites (N-methyl/N-ethyl adjacent to an activating group) is 1. The van der Waals surface area contributed by atoms with Crippen LogP contribution in [0.5, 0.6) is 0 Å². The Morgan fingerprint density at radius 2 is 0.787 bits per heavy atom. The van der Waals surface area contributed by atoms with Crippen LogP contribution < -0.4 is 5.32 Å². The average molecular weight is 1080 g/mol. The van der Waals surface area contributed by atoms with Gasteiger partial charge < -0.3 is 19.4 Å². The number of rotatable bonds is 60. The maximum absolute atomic E-state index is 13.5. The highest BCUT2D eigenvalue weighted by molar-refractivity contribution is 7.47. The number of nitrogens with zero attached hydrogens (tertiary/aromatic N) is 1. The summed E-state index contributed by atoms with van der Waals surface area (Å²) in [5.41, 5.74) is 0. The molecule has 0 radical (unpaired) electrons. The van der Waals surface area contributed by atoms with Crippen molar-refractivity contribution in [3.63, 3.8) is 0 Å². The van der Waals surface area contributed by atoms with E-state index in [1.165, 1.54) is 212 Å². The highest BCUT2D eigenvalue weighted by atomic mass is 31.2. The first-order valence-corrected chi connectivity index (χ1v) is 34.2. The van der Waals surface area contributed by atoms with Gasteiger partial charge in [-0.1, -0.05) is 289 Å². The van der Waals surface area contributed by atoms with Crippen LogP contribution in [0.4, 0.5) is 0 Å². The van der Waals surface area contributed by atoms with Crippen LogP contribution in [0.15, 0.2) is 24.3 Å². The van der Waals surface area contributed by atoms with E-state index in [2.05, 4.69) is 38.2 Å². The molecule has 3 unspecified atom stereocenters. The molecule has 0 saturated carbocycles. The zero-order valence-corrected chi connectivity index (χ0v) is 51.7. The van der Waals surface area contributed by atoms with Gasteiger partial charge in [-0.05, 0) is 51.0 Å². The van der Waals surface area contributed by atoms with E-state index in [1.54, 1.807) is 0 Å². The predicted octanol–water partition coefficient (Wildman–Crippen LogP) is 20.1. The third-order valence-corrected chi connectivity index (χ3v) is 15.9. The van der Waals surface area contributed by atoms with Crippen LogP contribution in [0.25, 0.3) is 0 Å². The number of unbranched alkanes of at least 4 members (excludes halogenated alkanes) is 42.